The Morgan fingerprint density at radius 3 is 2.52 bits per heavy atom. The molecule has 0 aromatic heterocycles. The number of benzene rings is 1. The quantitative estimate of drug-likeness (QED) is 0.481. The molecular formula is C14H16N2O5. The Morgan fingerprint density at radius 1 is 1.29 bits per heavy atom. The Hall–Kier alpha value is -2.44. The number of carbonyl (C=O) groups is 2. The molecule has 1 heterocycles. The van der Waals surface area contributed by atoms with Crippen molar-refractivity contribution < 1.29 is 19.2 Å². The highest BCUT2D eigenvalue weighted by Gasteiger charge is 2.33. The lowest BCUT2D eigenvalue weighted by molar-refractivity contribution is -0.384. The van der Waals surface area contributed by atoms with Crippen LogP contribution in [0.4, 0.5) is 5.69 Å². The van der Waals surface area contributed by atoms with Crippen LogP contribution in [0.25, 0.3) is 0 Å². The van der Waals surface area contributed by atoms with Gasteiger partial charge in [0.2, 0.25) is 0 Å². The molecule has 7 heteroatoms. The molecule has 1 aliphatic heterocycles. The molecule has 0 N–H and O–H groups in total. The van der Waals surface area contributed by atoms with Crippen molar-refractivity contribution in [3.8, 4) is 0 Å². The lowest BCUT2D eigenvalue weighted by atomic mass is 10.0. The number of nitrogens with zero attached hydrogens (tertiary/aromatic N) is 2. The molecule has 112 valence electrons. The van der Waals surface area contributed by atoms with Crippen LogP contribution in [0.15, 0.2) is 24.3 Å². The number of carbonyl (C=O) groups excluding carboxylic acids is 2. The summed E-state index contributed by atoms with van der Waals surface area (Å²) in [4.78, 5) is 35.8. The van der Waals surface area contributed by atoms with E-state index in [1.54, 1.807) is 0 Å². The number of methoxy groups -OCH3 is 1. The number of ether oxygens (including phenoxy) is 1. The van der Waals surface area contributed by atoms with Crippen LogP contribution in [-0.2, 0) is 9.53 Å². The first-order chi connectivity index (χ1) is 10.0. The molecule has 1 amide bonds. The zero-order valence-corrected chi connectivity index (χ0v) is 11.7. The molecule has 1 atom stereocenters. The van der Waals surface area contributed by atoms with Gasteiger partial charge in [-0.2, -0.15) is 0 Å². The van der Waals surface area contributed by atoms with E-state index < -0.39 is 16.9 Å². The number of nitro groups is 1. The fourth-order valence-corrected chi connectivity index (χ4v) is 2.45. The van der Waals surface area contributed by atoms with Crippen molar-refractivity contribution in [2.24, 2.45) is 0 Å². The third-order valence-corrected chi connectivity index (χ3v) is 3.56. The predicted octanol–water partition coefficient (Wildman–Crippen LogP) is 1.76. The van der Waals surface area contributed by atoms with Crippen LogP contribution < -0.4 is 0 Å². The molecular weight excluding hydrogens is 276 g/mol. The molecule has 2 rings (SSSR count). The van der Waals surface area contributed by atoms with Crippen molar-refractivity contribution in [1.82, 2.24) is 4.90 Å². The number of hydrogen-bond acceptors (Lipinski definition) is 5. The third kappa shape index (κ3) is 3.18. The number of rotatable bonds is 3. The van der Waals surface area contributed by atoms with E-state index in [0.717, 1.165) is 12.8 Å². The maximum Gasteiger partial charge on any atom is 0.328 e. The summed E-state index contributed by atoms with van der Waals surface area (Å²) in [5, 5.41) is 10.6. The monoisotopic (exact) mass is 292 g/mol. The van der Waals surface area contributed by atoms with Crippen LogP contribution in [0.5, 0.6) is 0 Å². The van der Waals surface area contributed by atoms with Crippen LogP contribution in [0.1, 0.15) is 29.6 Å². The van der Waals surface area contributed by atoms with Gasteiger partial charge >= 0.3 is 5.97 Å². The first-order valence-corrected chi connectivity index (χ1v) is 6.68. The van der Waals surface area contributed by atoms with E-state index in [-0.39, 0.29) is 11.6 Å². The lowest BCUT2D eigenvalue weighted by Gasteiger charge is -2.33. The van der Waals surface area contributed by atoms with Crippen LogP contribution >= 0.6 is 0 Å². The van der Waals surface area contributed by atoms with Gasteiger partial charge in [0.1, 0.15) is 6.04 Å². The molecule has 0 radical (unpaired) electrons. The van der Waals surface area contributed by atoms with E-state index in [4.69, 9.17) is 4.74 Å². The standard InChI is InChI=1S/C14H16N2O5/c1-21-14(18)12-4-2-3-9-15(12)13(17)10-5-7-11(8-6-10)16(19)20/h5-8,12H,2-4,9H2,1H3. The topological polar surface area (TPSA) is 89.8 Å². The summed E-state index contributed by atoms with van der Waals surface area (Å²) in [5.74, 6) is -0.732. The van der Waals surface area contributed by atoms with Gasteiger partial charge in [0, 0.05) is 24.2 Å². The average molecular weight is 292 g/mol. The molecule has 1 saturated heterocycles. The van der Waals surface area contributed by atoms with E-state index in [9.17, 15) is 19.7 Å². The largest absolute Gasteiger partial charge is 0.467 e. The Bertz CT molecular complexity index is 555. The smallest absolute Gasteiger partial charge is 0.328 e. The molecule has 1 unspecified atom stereocenters. The van der Waals surface area contributed by atoms with Gasteiger partial charge in [-0.15, -0.1) is 0 Å². The molecule has 21 heavy (non-hydrogen) atoms. The minimum atomic E-state index is -0.577. The number of hydrogen-bond donors (Lipinski definition) is 0. The van der Waals surface area contributed by atoms with Crippen molar-refractivity contribution in [2.75, 3.05) is 13.7 Å². The minimum Gasteiger partial charge on any atom is -0.467 e. The maximum absolute atomic E-state index is 12.5. The summed E-state index contributed by atoms with van der Waals surface area (Å²) in [6.45, 7) is 0.482. The van der Waals surface area contributed by atoms with E-state index in [0.29, 0.717) is 18.5 Å². The SMILES string of the molecule is COC(=O)C1CCCCN1C(=O)c1ccc([N+](=O)[O-])cc1. The van der Waals surface area contributed by atoms with E-state index in [1.807, 2.05) is 0 Å². The Labute approximate surface area is 121 Å². The van der Waals surface area contributed by atoms with Crippen molar-refractivity contribution >= 4 is 17.6 Å². The molecule has 1 aliphatic rings. The Balaban J connectivity index is 2.20. The lowest BCUT2D eigenvalue weighted by Crippen LogP contribution is -2.48. The van der Waals surface area contributed by atoms with Gasteiger partial charge in [-0.1, -0.05) is 0 Å². The summed E-state index contributed by atoms with van der Waals surface area (Å²) in [6.07, 6.45) is 2.27. The summed E-state index contributed by atoms with van der Waals surface area (Å²) in [7, 11) is 1.30. The molecule has 0 saturated carbocycles. The second-order valence-corrected chi connectivity index (χ2v) is 4.84. The molecule has 7 nitrogen and oxygen atoms in total. The van der Waals surface area contributed by atoms with Gasteiger partial charge in [-0.05, 0) is 31.4 Å². The van der Waals surface area contributed by atoms with Gasteiger partial charge in [0.05, 0.1) is 12.0 Å². The average Bonchev–Trinajstić information content (AvgIpc) is 2.53. The maximum atomic E-state index is 12.5. The summed E-state index contributed by atoms with van der Waals surface area (Å²) < 4.78 is 4.73. The van der Waals surface area contributed by atoms with Crippen molar-refractivity contribution in [3.05, 3.63) is 39.9 Å². The number of likely N-dealkylation sites (tertiary alicyclic amines) is 1. The summed E-state index contributed by atoms with van der Waals surface area (Å²) in [5.41, 5.74) is 0.256. The first kappa shape index (κ1) is 15.0. The highest BCUT2D eigenvalue weighted by Crippen LogP contribution is 2.21. The fourth-order valence-electron chi connectivity index (χ4n) is 2.45. The van der Waals surface area contributed by atoms with E-state index >= 15 is 0 Å². The predicted molar refractivity (Wildman–Crippen MR) is 73.8 cm³/mol. The second kappa shape index (κ2) is 6.34. The second-order valence-electron chi connectivity index (χ2n) is 4.84. The number of piperidine rings is 1. The normalized spacial score (nSPS) is 18.1. The molecule has 1 fully saturated rings. The number of esters is 1. The molecule has 0 spiro atoms. The first-order valence-electron chi connectivity index (χ1n) is 6.68. The summed E-state index contributed by atoms with van der Waals surface area (Å²) in [6, 6.07) is 4.80. The zero-order valence-electron chi connectivity index (χ0n) is 11.7. The van der Waals surface area contributed by atoms with Crippen LogP contribution in [0, 0.1) is 10.1 Å². The van der Waals surface area contributed by atoms with Gasteiger partial charge in [-0.3, -0.25) is 14.9 Å². The van der Waals surface area contributed by atoms with Crippen LogP contribution in [0.3, 0.4) is 0 Å². The highest BCUT2D eigenvalue weighted by atomic mass is 16.6. The highest BCUT2D eigenvalue weighted by molar-refractivity contribution is 5.97. The van der Waals surface area contributed by atoms with E-state index in [1.165, 1.54) is 36.3 Å². The number of amides is 1. The van der Waals surface area contributed by atoms with Crippen molar-refractivity contribution in [2.45, 2.75) is 25.3 Å². The minimum absolute atomic E-state index is 0.0743. The van der Waals surface area contributed by atoms with Crippen LogP contribution in [-0.4, -0.2) is 41.4 Å². The third-order valence-electron chi connectivity index (χ3n) is 3.56. The molecule has 1 aromatic carbocycles. The number of non-ortho nitro benzene ring substituents is 1. The molecule has 0 aliphatic carbocycles. The number of nitro benzene ring substituents is 1. The van der Waals surface area contributed by atoms with Crippen molar-refractivity contribution in [3.63, 3.8) is 0 Å². The Kier molecular flexibility index (Phi) is 4.52. The fraction of sp³-hybridized carbons (Fsp3) is 0.429. The van der Waals surface area contributed by atoms with Gasteiger partial charge in [-0.25, -0.2) is 4.79 Å². The Morgan fingerprint density at radius 2 is 1.95 bits per heavy atom. The van der Waals surface area contributed by atoms with Gasteiger partial charge in [0.25, 0.3) is 11.6 Å². The van der Waals surface area contributed by atoms with Crippen molar-refractivity contribution in [1.29, 1.82) is 0 Å². The zero-order chi connectivity index (χ0) is 15.4. The summed E-state index contributed by atoms with van der Waals surface area (Å²) >= 11 is 0. The van der Waals surface area contributed by atoms with E-state index in [2.05, 4.69) is 0 Å². The van der Waals surface area contributed by atoms with Gasteiger partial charge < -0.3 is 9.64 Å². The van der Waals surface area contributed by atoms with Crippen LogP contribution in [0.2, 0.25) is 0 Å². The molecule has 1 aromatic rings. The molecule has 0 bridgehead atoms. The van der Waals surface area contributed by atoms with Gasteiger partial charge in [0.15, 0.2) is 0 Å².